The van der Waals surface area contributed by atoms with E-state index < -0.39 is 28.6 Å². The van der Waals surface area contributed by atoms with Crippen molar-refractivity contribution in [3.63, 3.8) is 0 Å². The van der Waals surface area contributed by atoms with Gasteiger partial charge >= 0.3 is 6.18 Å². The molecule has 190 valence electrons. The van der Waals surface area contributed by atoms with Crippen LogP contribution in [0.15, 0.2) is 77.5 Å². The fourth-order valence-corrected chi connectivity index (χ4v) is 4.16. The van der Waals surface area contributed by atoms with Gasteiger partial charge in [0.25, 0.3) is 11.8 Å². The minimum atomic E-state index is -4.65. The molecule has 12 heteroatoms. The molecule has 0 aliphatic carbocycles. The molecule has 0 fully saturated rings. The molecule has 0 spiro atoms. The summed E-state index contributed by atoms with van der Waals surface area (Å²) in [5.41, 5.74) is -0.154. The van der Waals surface area contributed by atoms with Gasteiger partial charge in [0.15, 0.2) is 0 Å². The lowest BCUT2D eigenvalue weighted by molar-refractivity contribution is -0.137. The third-order valence-corrected chi connectivity index (χ3v) is 6.15. The minimum absolute atomic E-state index is 0.0173. The second-order valence-electron chi connectivity index (χ2n) is 7.85. The molecule has 1 aliphatic rings. The normalized spacial score (nSPS) is 13.8. The monoisotopic (exact) mass is 567 g/mol. The number of hydrogen-bond donors (Lipinski definition) is 2. The molecule has 4 rings (SSSR count). The standard InChI is InChI=1S/C25H15Cl3F3N3O3/c26-15-6-9-19(18(27)12-15)33-20(35)10-13-4-7-16(8-5-13)32-22-21(28)23(36)34(24(22)37)17-3-1-2-14(11-17)25(29,30)31/h1-9,11-12,32H,10H2,(H,33,35). The van der Waals surface area contributed by atoms with Crippen LogP contribution >= 0.6 is 34.8 Å². The van der Waals surface area contributed by atoms with Crippen molar-refractivity contribution in [2.75, 3.05) is 15.5 Å². The van der Waals surface area contributed by atoms with Gasteiger partial charge in [-0.15, -0.1) is 0 Å². The zero-order chi connectivity index (χ0) is 26.9. The number of alkyl halides is 3. The first-order valence-electron chi connectivity index (χ1n) is 10.5. The van der Waals surface area contributed by atoms with Crippen molar-refractivity contribution in [3.8, 4) is 0 Å². The third kappa shape index (κ3) is 5.90. The molecular formula is C25H15Cl3F3N3O3. The zero-order valence-electron chi connectivity index (χ0n) is 18.5. The predicted molar refractivity (Wildman–Crippen MR) is 136 cm³/mol. The Morgan fingerprint density at radius 2 is 1.59 bits per heavy atom. The number of nitrogens with zero attached hydrogens (tertiary/aromatic N) is 1. The summed E-state index contributed by atoms with van der Waals surface area (Å²) in [6.45, 7) is 0. The topological polar surface area (TPSA) is 78.5 Å². The number of imide groups is 1. The fourth-order valence-electron chi connectivity index (χ4n) is 3.49. The lowest BCUT2D eigenvalue weighted by Gasteiger charge is -2.17. The van der Waals surface area contributed by atoms with Crippen molar-refractivity contribution >= 4 is 69.6 Å². The van der Waals surface area contributed by atoms with Crippen LogP contribution in [0.3, 0.4) is 0 Å². The quantitative estimate of drug-likeness (QED) is 0.327. The van der Waals surface area contributed by atoms with Crippen molar-refractivity contribution in [3.05, 3.63) is 98.6 Å². The Morgan fingerprint density at radius 3 is 2.24 bits per heavy atom. The molecule has 0 radical (unpaired) electrons. The molecular weight excluding hydrogens is 554 g/mol. The molecule has 0 bridgehead atoms. The Bertz CT molecular complexity index is 1440. The first-order chi connectivity index (χ1) is 17.4. The molecule has 37 heavy (non-hydrogen) atoms. The molecule has 0 saturated carbocycles. The summed E-state index contributed by atoms with van der Waals surface area (Å²) < 4.78 is 39.2. The number of hydrogen-bond acceptors (Lipinski definition) is 4. The SMILES string of the molecule is O=C(Cc1ccc(NC2=C(Cl)C(=O)N(c3cccc(C(F)(F)F)c3)C2=O)cc1)Nc1ccc(Cl)cc1Cl. The van der Waals surface area contributed by atoms with Crippen molar-refractivity contribution in [1.29, 1.82) is 0 Å². The second kappa shape index (κ2) is 10.5. The number of nitrogens with one attached hydrogen (secondary N) is 2. The number of halogens is 6. The van der Waals surface area contributed by atoms with Gasteiger partial charge in [-0.1, -0.05) is 53.0 Å². The van der Waals surface area contributed by atoms with E-state index in [0.717, 1.165) is 12.1 Å². The van der Waals surface area contributed by atoms with Gasteiger partial charge in [0, 0.05) is 10.7 Å². The van der Waals surface area contributed by atoms with E-state index in [1.165, 1.54) is 12.1 Å². The largest absolute Gasteiger partial charge is 0.416 e. The molecule has 1 aliphatic heterocycles. The molecule has 0 saturated heterocycles. The molecule has 0 atom stereocenters. The predicted octanol–water partition coefficient (Wildman–Crippen LogP) is 6.63. The third-order valence-electron chi connectivity index (χ3n) is 5.25. The highest BCUT2D eigenvalue weighted by molar-refractivity contribution is 6.53. The molecule has 3 amide bonds. The Labute approximate surface area is 223 Å². The Balaban J connectivity index is 1.44. The van der Waals surface area contributed by atoms with Gasteiger partial charge in [0.1, 0.15) is 10.7 Å². The van der Waals surface area contributed by atoms with E-state index in [2.05, 4.69) is 10.6 Å². The minimum Gasteiger partial charge on any atom is -0.350 e. The molecule has 1 heterocycles. The van der Waals surface area contributed by atoms with Crippen LogP contribution in [-0.2, 0) is 27.0 Å². The van der Waals surface area contributed by atoms with Crippen LogP contribution in [0.25, 0.3) is 0 Å². The number of rotatable bonds is 6. The summed E-state index contributed by atoms with van der Waals surface area (Å²) in [6.07, 6.45) is -4.64. The summed E-state index contributed by atoms with van der Waals surface area (Å²) in [5, 5.41) is 5.67. The molecule has 2 N–H and O–H groups in total. The average Bonchev–Trinajstić information content (AvgIpc) is 3.04. The summed E-state index contributed by atoms with van der Waals surface area (Å²) in [4.78, 5) is 38.4. The van der Waals surface area contributed by atoms with Gasteiger partial charge in [-0.2, -0.15) is 13.2 Å². The van der Waals surface area contributed by atoms with Crippen molar-refractivity contribution in [2.45, 2.75) is 12.6 Å². The number of carbonyl (C=O) groups is 3. The van der Waals surface area contributed by atoms with Gasteiger partial charge in [-0.3, -0.25) is 14.4 Å². The Morgan fingerprint density at radius 1 is 0.892 bits per heavy atom. The van der Waals surface area contributed by atoms with Crippen LogP contribution in [0.2, 0.25) is 10.0 Å². The van der Waals surface area contributed by atoms with E-state index >= 15 is 0 Å². The summed E-state index contributed by atoms with van der Waals surface area (Å²) in [6, 6.07) is 14.8. The van der Waals surface area contributed by atoms with Gasteiger partial charge in [-0.05, 0) is 54.1 Å². The smallest absolute Gasteiger partial charge is 0.350 e. The fraction of sp³-hybridized carbons (Fsp3) is 0.0800. The van der Waals surface area contributed by atoms with Crippen LogP contribution in [0.5, 0.6) is 0 Å². The van der Waals surface area contributed by atoms with Crippen LogP contribution in [0.1, 0.15) is 11.1 Å². The zero-order valence-corrected chi connectivity index (χ0v) is 20.8. The summed E-state index contributed by atoms with van der Waals surface area (Å²) in [5.74, 6) is -2.19. The summed E-state index contributed by atoms with van der Waals surface area (Å²) >= 11 is 18.0. The summed E-state index contributed by atoms with van der Waals surface area (Å²) in [7, 11) is 0. The maximum atomic E-state index is 13.1. The first kappa shape index (κ1) is 26.5. The van der Waals surface area contributed by atoms with Crippen molar-refractivity contribution < 1.29 is 27.6 Å². The Hall–Kier alpha value is -3.53. The second-order valence-corrected chi connectivity index (χ2v) is 9.08. The molecule has 3 aromatic rings. The molecule has 0 unspecified atom stereocenters. The van der Waals surface area contributed by atoms with E-state index in [9.17, 15) is 27.6 Å². The maximum absolute atomic E-state index is 13.1. The number of anilines is 3. The van der Waals surface area contributed by atoms with E-state index in [-0.39, 0.29) is 23.7 Å². The van der Waals surface area contributed by atoms with Gasteiger partial charge < -0.3 is 10.6 Å². The van der Waals surface area contributed by atoms with E-state index in [0.29, 0.717) is 37.9 Å². The van der Waals surface area contributed by atoms with E-state index in [4.69, 9.17) is 34.8 Å². The van der Waals surface area contributed by atoms with Crippen molar-refractivity contribution in [1.82, 2.24) is 0 Å². The number of carbonyl (C=O) groups excluding carboxylic acids is 3. The maximum Gasteiger partial charge on any atom is 0.416 e. The highest BCUT2D eigenvalue weighted by Crippen LogP contribution is 2.35. The van der Waals surface area contributed by atoms with Crippen LogP contribution in [-0.4, -0.2) is 17.7 Å². The molecule has 6 nitrogen and oxygen atoms in total. The van der Waals surface area contributed by atoms with E-state index in [1.54, 1.807) is 36.4 Å². The van der Waals surface area contributed by atoms with Gasteiger partial charge in [0.2, 0.25) is 5.91 Å². The van der Waals surface area contributed by atoms with Gasteiger partial charge in [0.05, 0.1) is 28.4 Å². The number of amides is 3. The molecule has 0 aromatic heterocycles. The average molecular weight is 569 g/mol. The first-order valence-corrected chi connectivity index (χ1v) is 11.6. The van der Waals surface area contributed by atoms with Crippen LogP contribution in [0, 0.1) is 0 Å². The van der Waals surface area contributed by atoms with E-state index in [1.807, 2.05) is 0 Å². The highest BCUT2D eigenvalue weighted by atomic mass is 35.5. The lowest BCUT2D eigenvalue weighted by Crippen LogP contribution is -2.32. The number of benzene rings is 3. The van der Waals surface area contributed by atoms with Gasteiger partial charge in [-0.25, -0.2) is 4.90 Å². The molecule has 3 aromatic carbocycles. The van der Waals surface area contributed by atoms with Crippen LogP contribution in [0.4, 0.5) is 30.2 Å². The highest BCUT2D eigenvalue weighted by Gasteiger charge is 2.40. The lowest BCUT2D eigenvalue weighted by atomic mass is 10.1. The van der Waals surface area contributed by atoms with Crippen LogP contribution < -0.4 is 15.5 Å². The Kier molecular flexibility index (Phi) is 7.49. The van der Waals surface area contributed by atoms with Crippen molar-refractivity contribution in [2.24, 2.45) is 0 Å².